The normalized spacial score (nSPS) is 19.2. The molecule has 0 aliphatic carbocycles. The summed E-state index contributed by atoms with van der Waals surface area (Å²) in [5, 5.41) is 5.79. The highest BCUT2D eigenvalue weighted by atomic mass is 16.8. The molecule has 9 nitrogen and oxygen atoms in total. The second-order valence-electron chi connectivity index (χ2n) is 12.3. The Kier molecular flexibility index (Phi) is 10.5. The molecule has 2 aliphatic heterocycles. The van der Waals surface area contributed by atoms with Crippen molar-refractivity contribution in [1.29, 1.82) is 0 Å². The number of likely N-dealkylation sites (tertiary alicyclic amines) is 1. The van der Waals surface area contributed by atoms with Crippen LogP contribution in [0.15, 0.2) is 72.3 Å². The molecule has 2 aliphatic rings. The van der Waals surface area contributed by atoms with Crippen molar-refractivity contribution < 1.29 is 28.6 Å². The van der Waals surface area contributed by atoms with Gasteiger partial charge in [-0.1, -0.05) is 54.6 Å². The van der Waals surface area contributed by atoms with Crippen LogP contribution in [0, 0.1) is 0 Å². The number of nitrogens with zero attached hydrogens (tertiary/aromatic N) is 1. The number of carbonyl (C=O) groups excluding carboxylic acids is 2. The standard InChI is InChI=1S/C35H43N3O6/c1-35(2,3)43-34(40)38-19-18-29(23-38)36-22-26(24-42-31-12-8-10-27-9-4-5-11-30(27)31)21-25-14-16-28(17-15-25)33(39)37-44-32-13-6-7-20-41-32/h4-5,8-12,14-17,21,29,32,36H,6-7,13,18-20,22-24H2,1-3H3,(H,37,39). The van der Waals surface area contributed by atoms with E-state index >= 15 is 0 Å². The quantitative estimate of drug-likeness (QED) is 0.272. The molecule has 2 fully saturated rings. The topological polar surface area (TPSA) is 98.4 Å². The van der Waals surface area contributed by atoms with Crippen molar-refractivity contribution in [1.82, 2.24) is 15.7 Å². The lowest BCUT2D eigenvalue weighted by Gasteiger charge is -2.24. The van der Waals surface area contributed by atoms with E-state index in [1.165, 1.54) is 0 Å². The van der Waals surface area contributed by atoms with Gasteiger partial charge in [-0.05, 0) is 74.8 Å². The van der Waals surface area contributed by atoms with Gasteiger partial charge in [0.25, 0.3) is 5.91 Å². The fourth-order valence-corrected chi connectivity index (χ4v) is 5.28. The zero-order valence-electron chi connectivity index (χ0n) is 25.8. The van der Waals surface area contributed by atoms with Crippen LogP contribution in [0.25, 0.3) is 16.8 Å². The van der Waals surface area contributed by atoms with E-state index in [2.05, 4.69) is 35.1 Å². The Morgan fingerprint density at radius 3 is 2.57 bits per heavy atom. The largest absolute Gasteiger partial charge is 0.489 e. The SMILES string of the molecule is CC(C)(C)OC(=O)N1CCC(NCC(=Cc2ccc(C(=O)NOC3CCCCO3)cc2)COc2cccc3ccccc23)C1. The summed E-state index contributed by atoms with van der Waals surface area (Å²) >= 11 is 0. The van der Waals surface area contributed by atoms with Gasteiger partial charge in [0, 0.05) is 49.7 Å². The monoisotopic (exact) mass is 601 g/mol. The summed E-state index contributed by atoms with van der Waals surface area (Å²) in [5.74, 6) is 0.506. The molecule has 3 aromatic rings. The minimum atomic E-state index is -0.523. The van der Waals surface area contributed by atoms with Crippen LogP contribution in [0.1, 0.15) is 62.4 Å². The van der Waals surface area contributed by atoms with Gasteiger partial charge in [0.2, 0.25) is 0 Å². The highest BCUT2D eigenvalue weighted by Crippen LogP contribution is 2.26. The van der Waals surface area contributed by atoms with Crippen LogP contribution in [-0.2, 0) is 14.3 Å². The maximum absolute atomic E-state index is 12.6. The Morgan fingerprint density at radius 2 is 1.80 bits per heavy atom. The maximum Gasteiger partial charge on any atom is 0.410 e. The fourth-order valence-electron chi connectivity index (χ4n) is 5.28. The number of amides is 2. The number of hydrogen-bond donors (Lipinski definition) is 2. The summed E-state index contributed by atoms with van der Waals surface area (Å²) in [5.41, 5.74) is 4.46. The van der Waals surface area contributed by atoms with Gasteiger partial charge >= 0.3 is 6.09 Å². The first-order valence-electron chi connectivity index (χ1n) is 15.4. The van der Waals surface area contributed by atoms with Gasteiger partial charge in [-0.2, -0.15) is 0 Å². The summed E-state index contributed by atoms with van der Waals surface area (Å²) in [6, 6.07) is 21.7. The molecule has 0 bridgehead atoms. The van der Waals surface area contributed by atoms with Crippen LogP contribution >= 0.6 is 0 Å². The van der Waals surface area contributed by atoms with Crippen LogP contribution in [-0.4, -0.2) is 67.7 Å². The van der Waals surface area contributed by atoms with Gasteiger partial charge in [0.05, 0.1) is 0 Å². The molecule has 2 N–H and O–H groups in total. The predicted molar refractivity (Wildman–Crippen MR) is 170 cm³/mol. The molecule has 0 spiro atoms. The van der Waals surface area contributed by atoms with E-state index in [1.54, 1.807) is 17.0 Å². The predicted octanol–water partition coefficient (Wildman–Crippen LogP) is 6.09. The first-order chi connectivity index (χ1) is 21.2. The third-order valence-corrected chi connectivity index (χ3v) is 7.59. The average Bonchev–Trinajstić information content (AvgIpc) is 3.51. The first kappa shape index (κ1) is 31.5. The van der Waals surface area contributed by atoms with Crippen molar-refractivity contribution >= 4 is 28.8 Å². The Balaban J connectivity index is 1.24. The zero-order chi connectivity index (χ0) is 30.9. The second kappa shape index (κ2) is 14.7. The smallest absolute Gasteiger partial charge is 0.410 e. The number of hydroxylamine groups is 1. The number of nitrogens with one attached hydrogen (secondary N) is 2. The summed E-state index contributed by atoms with van der Waals surface area (Å²) in [4.78, 5) is 32.4. The van der Waals surface area contributed by atoms with E-state index in [9.17, 15) is 9.59 Å². The molecule has 5 rings (SSSR count). The fraction of sp³-hybridized carbons (Fsp3) is 0.429. The molecule has 234 valence electrons. The minimum Gasteiger partial charge on any atom is -0.489 e. The zero-order valence-corrected chi connectivity index (χ0v) is 25.8. The van der Waals surface area contributed by atoms with Gasteiger partial charge < -0.3 is 24.4 Å². The minimum absolute atomic E-state index is 0.141. The molecule has 0 saturated carbocycles. The van der Waals surface area contributed by atoms with Crippen molar-refractivity contribution in [2.24, 2.45) is 0 Å². The highest BCUT2D eigenvalue weighted by Gasteiger charge is 2.29. The summed E-state index contributed by atoms with van der Waals surface area (Å²) < 4.78 is 17.4. The number of ether oxygens (including phenoxy) is 3. The van der Waals surface area contributed by atoms with Gasteiger partial charge in [0.15, 0.2) is 6.29 Å². The van der Waals surface area contributed by atoms with Crippen LogP contribution in [0.3, 0.4) is 0 Å². The molecular formula is C35H43N3O6. The van der Waals surface area contributed by atoms with Gasteiger partial charge in [-0.25, -0.2) is 15.1 Å². The van der Waals surface area contributed by atoms with Crippen LogP contribution < -0.4 is 15.5 Å². The van der Waals surface area contributed by atoms with Crippen LogP contribution in [0.2, 0.25) is 0 Å². The van der Waals surface area contributed by atoms with Crippen molar-refractivity contribution in [3.8, 4) is 5.75 Å². The Bertz CT molecular complexity index is 1440. The second-order valence-corrected chi connectivity index (χ2v) is 12.3. The molecule has 2 atom stereocenters. The highest BCUT2D eigenvalue weighted by molar-refractivity contribution is 5.93. The van der Waals surface area contributed by atoms with Crippen molar-refractivity contribution in [2.75, 3.05) is 32.8 Å². The van der Waals surface area contributed by atoms with Gasteiger partial charge in [-0.15, -0.1) is 0 Å². The number of rotatable bonds is 10. The summed E-state index contributed by atoms with van der Waals surface area (Å²) in [6.07, 6.45) is 5.04. The Hall–Kier alpha value is -3.92. The number of benzene rings is 3. The lowest BCUT2D eigenvalue weighted by atomic mass is 10.1. The first-order valence-corrected chi connectivity index (χ1v) is 15.4. The van der Waals surface area contributed by atoms with Crippen molar-refractivity contribution in [3.05, 3.63) is 83.4 Å². The molecule has 2 saturated heterocycles. The molecule has 44 heavy (non-hydrogen) atoms. The number of carbonyl (C=O) groups is 2. The van der Waals surface area contributed by atoms with Crippen molar-refractivity contribution in [3.63, 3.8) is 0 Å². The van der Waals surface area contributed by atoms with E-state index in [1.807, 2.05) is 57.2 Å². The summed E-state index contributed by atoms with van der Waals surface area (Å²) in [7, 11) is 0. The molecular weight excluding hydrogens is 558 g/mol. The molecule has 2 amide bonds. The third kappa shape index (κ3) is 9.05. The third-order valence-electron chi connectivity index (χ3n) is 7.59. The lowest BCUT2D eigenvalue weighted by molar-refractivity contribution is -0.186. The number of fused-ring (bicyclic) bond motifs is 1. The van der Waals surface area contributed by atoms with E-state index in [0.717, 1.165) is 53.3 Å². The van der Waals surface area contributed by atoms with Crippen molar-refractivity contribution in [2.45, 2.75) is 64.4 Å². The summed E-state index contributed by atoms with van der Waals surface area (Å²) in [6.45, 7) is 8.47. The average molecular weight is 602 g/mol. The van der Waals surface area contributed by atoms with Gasteiger partial charge in [-0.3, -0.25) is 4.79 Å². The maximum atomic E-state index is 12.6. The van der Waals surface area contributed by atoms with Gasteiger partial charge in [0.1, 0.15) is 18.0 Å². The molecule has 9 heteroatoms. The molecule has 0 aromatic heterocycles. The molecule has 2 heterocycles. The Morgan fingerprint density at radius 1 is 1.00 bits per heavy atom. The van der Waals surface area contributed by atoms with E-state index in [-0.39, 0.29) is 18.0 Å². The molecule has 2 unspecified atom stereocenters. The number of hydrogen-bond acceptors (Lipinski definition) is 7. The molecule has 3 aromatic carbocycles. The van der Waals surface area contributed by atoms with E-state index in [0.29, 0.717) is 38.4 Å². The molecule has 0 radical (unpaired) electrons. The van der Waals surface area contributed by atoms with E-state index < -0.39 is 11.9 Å². The Labute approximate surface area is 259 Å². The van der Waals surface area contributed by atoms with Crippen LogP contribution in [0.5, 0.6) is 5.75 Å². The van der Waals surface area contributed by atoms with Crippen LogP contribution in [0.4, 0.5) is 4.79 Å². The van der Waals surface area contributed by atoms with E-state index in [4.69, 9.17) is 19.0 Å². The lowest BCUT2D eigenvalue weighted by Crippen LogP contribution is -2.39.